The van der Waals surface area contributed by atoms with Crippen LogP contribution < -0.4 is 4.74 Å². The molecule has 8 heteroatoms. The van der Waals surface area contributed by atoms with Crippen molar-refractivity contribution >= 4 is 23.5 Å². The predicted octanol–water partition coefficient (Wildman–Crippen LogP) is 3.12. The molecule has 1 heterocycles. The lowest BCUT2D eigenvalue weighted by molar-refractivity contribution is -0.143. The van der Waals surface area contributed by atoms with Crippen LogP contribution in [0, 0.1) is 11.8 Å². The van der Waals surface area contributed by atoms with E-state index in [1.807, 2.05) is 6.92 Å². The summed E-state index contributed by atoms with van der Waals surface area (Å²) < 4.78 is 29.3. The van der Waals surface area contributed by atoms with E-state index >= 15 is 0 Å². The van der Waals surface area contributed by atoms with E-state index in [2.05, 4.69) is 4.74 Å². The number of carboxylic acid groups (broad SMARTS) is 1. The molecular formula is C15H16ClF2NO4. The smallest absolute Gasteiger partial charge is 0.387 e. The van der Waals surface area contributed by atoms with Crippen molar-refractivity contribution < 1.29 is 28.2 Å². The van der Waals surface area contributed by atoms with Crippen LogP contribution in [0.1, 0.15) is 23.7 Å². The summed E-state index contributed by atoms with van der Waals surface area (Å²) in [5.41, 5.74) is -0.101. The first-order valence-electron chi connectivity index (χ1n) is 7.04. The normalized spacial score (nSPS) is 21.3. The first-order valence-corrected chi connectivity index (χ1v) is 7.42. The number of aliphatic carboxylic acids is 1. The Hall–Kier alpha value is -1.89. The number of hydrogen-bond acceptors (Lipinski definition) is 3. The third kappa shape index (κ3) is 4.31. The first kappa shape index (κ1) is 17.5. The molecule has 0 aromatic heterocycles. The monoisotopic (exact) mass is 347 g/mol. The van der Waals surface area contributed by atoms with Crippen LogP contribution in [0.2, 0.25) is 5.02 Å². The molecule has 1 fully saturated rings. The molecule has 23 heavy (non-hydrogen) atoms. The van der Waals surface area contributed by atoms with Crippen molar-refractivity contribution in [2.45, 2.75) is 20.0 Å². The molecule has 1 aliphatic rings. The average molecular weight is 348 g/mol. The number of ether oxygens (including phenoxy) is 1. The average Bonchev–Trinajstić information content (AvgIpc) is 2.47. The Bertz CT molecular complexity index is 611. The van der Waals surface area contributed by atoms with Gasteiger partial charge >= 0.3 is 12.6 Å². The van der Waals surface area contributed by atoms with Gasteiger partial charge in [0, 0.05) is 18.1 Å². The van der Waals surface area contributed by atoms with E-state index in [4.69, 9.17) is 16.7 Å². The Balaban J connectivity index is 2.28. The molecule has 1 aliphatic heterocycles. The van der Waals surface area contributed by atoms with Crippen LogP contribution in [-0.4, -0.2) is 41.6 Å². The minimum absolute atomic E-state index is 0.00699. The highest BCUT2D eigenvalue weighted by Gasteiger charge is 2.33. The lowest BCUT2D eigenvalue weighted by Gasteiger charge is -2.35. The van der Waals surface area contributed by atoms with Crippen LogP contribution in [-0.2, 0) is 4.79 Å². The number of hydrogen-bond donors (Lipinski definition) is 1. The lowest BCUT2D eigenvalue weighted by Crippen LogP contribution is -2.45. The van der Waals surface area contributed by atoms with Gasteiger partial charge in [-0.3, -0.25) is 9.59 Å². The molecule has 0 spiro atoms. The molecule has 0 saturated carbocycles. The second-order valence-corrected chi connectivity index (χ2v) is 6.04. The van der Waals surface area contributed by atoms with Crippen LogP contribution in [0.25, 0.3) is 0 Å². The van der Waals surface area contributed by atoms with Gasteiger partial charge in [0.05, 0.1) is 11.5 Å². The summed E-state index contributed by atoms with van der Waals surface area (Å²) in [4.78, 5) is 25.1. The molecule has 5 nitrogen and oxygen atoms in total. The van der Waals surface area contributed by atoms with Crippen molar-refractivity contribution in [2.75, 3.05) is 13.1 Å². The molecular weight excluding hydrogens is 332 g/mol. The Morgan fingerprint density at radius 1 is 1.39 bits per heavy atom. The summed E-state index contributed by atoms with van der Waals surface area (Å²) in [6.45, 7) is -0.860. The number of piperidine rings is 1. The van der Waals surface area contributed by atoms with Crippen molar-refractivity contribution in [1.29, 1.82) is 0 Å². The van der Waals surface area contributed by atoms with Crippen molar-refractivity contribution in [3.05, 3.63) is 28.8 Å². The third-order valence-corrected chi connectivity index (χ3v) is 3.92. The Morgan fingerprint density at radius 3 is 2.70 bits per heavy atom. The molecule has 1 saturated heterocycles. The fourth-order valence-electron chi connectivity index (χ4n) is 2.73. The quantitative estimate of drug-likeness (QED) is 0.908. The second-order valence-electron chi connectivity index (χ2n) is 5.61. The highest BCUT2D eigenvalue weighted by atomic mass is 35.5. The van der Waals surface area contributed by atoms with Gasteiger partial charge in [-0.2, -0.15) is 8.78 Å². The van der Waals surface area contributed by atoms with Crippen molar-refractivity contribution in [2.24, 2.45) is 11.8 Å². The third-order valence-electron chi connectivity index (χ3n) is 3.68. The van der Waals surface area contributed by atoms with Gasteiger partial charge in [-0.15, -0.1) is 0 Å². The number of alkyl halides is 2. The van der Waals surface area contributed by atoms with E-state index in [0.29, 0.717) is 13.0 Å². The SMILES string of the molecule is CC1CC(C(=O)O)CN(C(=O)c2cc(Cl)ccc2OC(F)F)C1. The number of carbonyl (C=O) groups is 2. The van der Waals surface area contributed by atoms with E-state index < -0.39 is 24.4 Å². The highest BCUT2D eigenvalue weighted by Crippen LogP contribution is 2.29. The Morgan fingerprint density at radius 2 is 2.09 bits per heavy atom. The molecule has 0 radical (unpaired) electrons. The number of benzene rings is 1. The van der Waals surface area contributed by atoms with E-state index in [9.17, 15) is 18.4 Å². The van der Waals surface area contributed by atoms with Gasteiger partial charge in [0.2, 0.25) is 0 Å². The second kappa shape index (κ2) is 7.12. The van der Waals surface area contributed by atoms with E-state index in [1.54, 1.807) is 0 Å². The summed E-state index contributed by atoms with van der Waals surface area (Å²) in [5.74, 6) is -2.52. The van der Waals surface area contributed by atoms with Crippen LogP contribution in [0.4, 0.5) is 8.78 Å². The van der Waals surface area contributed by atoms with Gasteiger partial charge in [0.15, 0.2) is 0 Å². The minimum Gasteiger partial charge on any atom is -0.481 e. The zero-order valence-electron chi connectivity index (χ0n) is 12.3. The number of amides is 1. The predicted molar refractivity (Wildman–Crippen MR) is 78.9 cm³/mol. The van der Waals surface area contributed by atoms with Gasteiger partial charge in [-0.1, -0.05) is 18.5 Å². The highest BCUT2D eigenvalue weighted by molar-refractivity contribution is 6.31. The zero-order valence-corrected chi connectivity index (χ0v) is 13.1. The van der Waals surface area contributed by atoms with Crippen LogP contribution in [0.5, 0.6) is 5.75 Å². The minimum atomic E-state index is -3.07. The molecule has 2 atom stereocenters. The molecule has 1 amide bonds. The number of nitrogens with zero attached hydrogens (tertiary/aromatic N) is 1. The molecule has 1 N–H and O–H groups in total. The van der Waals surface area contributed by atoms with Gasteiger partial charge < -0.3 is 14.7 Å². The number of likely N-dealkylation sites (tertiary alicyclic amines) is 1. The fraction of sp³-hybridized carbons (Fsp3) is 0.467. The van der Waals surface area contributed by atoms with Crippen molar-refractivity contribution in [3.8, 4) is 5.75 Å². The van der Waals surface area contributed by atoms with Crippen molar-refractivity contribution in [1.82, 2.24) is 4.90 Å². The molecule has 0 aliphatic carbocycles. The number of halogens is 3. The van der Waals surface area contributed by atoms with Crippen LogP contribution in [0.15, 0.2) is 18.2 Å². The first-order chi connectivity index (χ1) is 10.8. The molecule has 1 aromatic carbocycles. The maximum absolute atomic E-state index is 12.6. The molecule has 2 unspecified atom stereocenters. The summed E-state index contributed by atoms with van der Waals surface area (Å²) in [5, 5.41) is 9.36. The largest absolute Gasteiger partial charge is 0.481 e. The Labute approximate surface area is 136 Å². The number of carboxylic acids is 1. The summed E-state index contributed by atoms with van der Waals surface area (Å²) >= 11 is 5.84. The van der Waals surface area contributed by atoms with Gasteiger partial charge in [0.1, 0.15) is 5.75 Å². The molecule has 0 bridgehead atoms. The van der Waals surface area contributed by atoms with Crippen LogP contribution in [0.3, 0.4) is 0 Å². The van der Waals surface area contributed by atoms with Crippen molar-refractivity contribution in [3.63, 3.8) is 0 Å². The Kier molecular flexibility index (Phi) is 5.41. The summed E-state index contributed by atoms with van der Waals surface area (Å²) in [7, 11) is 0. The molecule has 126 valence electrons. The lowest BCUT2D eigenvalue weighted by atomic mass is 9.90. The summed E-state index contributed by atoms with van der Waals surface area (Å²) in [6, 6.07) is 3.79. The topological polar surface area (TPSA) is 66.8 Å². The number of rotatable bonds is 4. The van der Waals surface area contributed by atoms with Gasteiger partial charge in [-0.25, -0.2) is 0 Å². The van der Waals surface area contributed by atoms with E-state index in [0.717, 1.165) is 0 Å². The van der Waals surface area contributed by atoms with Gasteiger partial charge in [-0.05, 0) is 30.5 Å². The molecule has 2 rings (SSSR count). The fourth-order valence-corrected chi connectivity index (χ4v) is 2.91. The maximum atomic E-state index is 12.6. The van der Waals surface area contributed by atoms with Crippen LogP contribution >= 0.6 is 11.6 Å². The van der Waals surface area contributed by atoms with E-state index in [-0.39, 0.29) is 28.8 Å². The zero-order chi connectivity index (χ0) is 17.1. The van der Waals surface area contributed by atoms with Gasteiger partial charge in [0.25, 0.3) is 5.91 Å². The van der Waals surface area contributed by atoms with E-state index in [1.165, 1.54) is 23.1 Å². The standard InChI is InChI=1S/C15H16ClF2NO4/c1-8-4-9(14(21)22)7-19(6-8)13(20)11-5-10(16)2-3-12(11)23-15(17)18/h2-3,5,8-9,15H,4,6-7H2,1H3,(H,21,22). The maximum Gasteiger partial charge on any atom is 0.387 e. The summed E-state index contributed by atoms with van der Waals surface area (Å²) in [6.07, 6.45) is 0.467. The molecule has 1 aromatic rings. The number of carbonyl (C=O) groups excluding carboxylic acids is 1.